The molecule has 0 aromatic heterocycles. The van der Waals surface area contributed by atoms with Gasteiger partial charge in [0.05, 0.1) is 0 Å². The Labute approximate surface area is 181 Å². The summed E-state index contributed by atoms with van der Waals surface area (Å²) in [5.41, 5.74) is 4.69. The number of benzene rings is 3. The molecule has 0 atom stereocenters. The second-order valence-corrected chi connectivity index (χ2v) is 8.43. The molecule has 0 aliphatic heterocycles. The van der Waals surface area contributed by atoms with Crippen molar-refractivity contribution in [2.75, 3.05) is 0 Å². The van der Waals surface area contributed by atoms with Crippen molar-refractivity contribution < 1.29 is 26.2 Å². The first-order valence-electron chi connectivity index (χ1n) is 9.88. The molecule has 0 bridgehead atoms. The molecule has 27 heavy (non-hydrogen) atoms. The zero-order chi connectivity index (χ0) is 17.6. The quantitative estimate of drug-likeness (QED) is 0.296. The molecule has 0 nitrogen and oxygen atoms in total. The number of rotatable bonds is 3. The molecule has 1 fully saturated rings. The molecule has 4 aromatic carbocycles. The van der Waals surface area contributed by atoms with Gasteiger partial charge >= 0.3 is 0 Å². The Morgan fingerprint density at radius 2 is 1.63 bits per heavy atom. The van der Waals surface area contributed by atoms with Gasteiger partial charge < -0.3 is 0 Å². The first-order valence-corrected chi connectivity index (χ1v) is 9.88. The average Bonchev–Trinajstić information content (AvgIpc) is 3.26. The van der Waals surface area contributed by atoms with Crippen molar-refractivity contribution in [1.82, 2.24) is 0 Å². The summed E-state index contributed by atoms with van der Waals surface area (Å²) in [5, 5.41) is 5.40. The van der Waals surface area contributed by atoms with E-state index in [1.165, 1.54) is 70.3 Å². The first kappa shape index (κ1) is 18.8. The van der Waals surface area contributed by atoms with Crippen molar-refractivity contribution in [3.8, 4) is 11.1 Å². The predicted octanol–water partition coefficient (Wildman–Crippen LogP) is 7.50. The van der Waals surface area contributed by atoms with E-state index < -0.39 is 0 Å². The van der Waals surface area contributed by atoms with E-state index in [4.69, 9.17) is 0 Å². The van der Waals surface area contributed by atoms with Crippen molar-refractivity contribution in [1.29, 1.82) is 0 Å². The molecule has 0 amide bonds. The van der Waals surface area contributed by atoms with Gasteiger partial charge in [0.15, 0.2) is 0 Å². The van der Waals surface area contributed by atoms with Gasteiger partial charge in [0.25, 0.3) is 0 Å². The molecule has 5 rings (SSSR count). The third kappa shape index (κ3) is 3.59. The Morgan fingerprint density at radius 1 is 0.852 bits per heavy atom. The van der Waals surface area contributed by atoms with Crippen molar-refractivity contribution in [2.24, 2.45) is 5.41 Å². The largest absolute Gasteiger partial charge is 0.164 e. The van der Waals surface area contributed by atoms with E-state index in [9.17, 15) is 0 Å². The van der Waals surface area contributed by atoms with Gasteiger partial charge in [-0.3, -0.25) is 0 Å². The molecule has 0 radical (unpaired) electrons. The molecule has 0 unspecified atom stereocenters. The number of hydrogen-bond donors (Lipinski definition) is 0. The van der Waals surface area contributed by atoms with Crippen molar-refractivity contribution in [2.45, 2.75) is 39.0 Å². The van der Waals surface area contributed by atoms with E-state index in [1.807, 2.05) is 0 Å². The van der Waals surface area contributed by atoms with E-state index in [1.54, 1.807) is 0 Å². The Morgan fingerprint density at radius 3 is 2.44 bits per heavy atom. The Bertz CT molecular complexity index is 1080. The van der Waals surface area contributed by atoms with Crippen molar-refractivity contribution >= 4 is 21.5 Å². The van der Waals surface area contributed by atoms with Gasteiger partial charge in [0, 0.05) is 26.2 Å². The maximum Gasteiger partial charge on any atom is 0 e. The summed E-state index contributed by atoms with van der Waals surface area (Å²) in [6.45, 7) is 2.47. The summed E-state index contributed by atoms with van der Waals surface area (Å²) >= 11 is 0. The topological polar surface area (TPSA) is 0 Å². The molecule has 1 heteroatoms. The Balaban J connectivity index is 0.00000180. The van der Waals surface area contributed by atoms with Gasteiger partial charge in [-0.15, -0.1) is 34.5 Å². The van der Waals surface area contributed by atoms with Crippen LogP contribution in [0.2, 0.25) is 0 Å². The van der Waals surface area contributed by atoms with Crippen LogP contribution in [0.5, 0.6) is 0 Å². The van der Waals surface area contributed by atoms with E-state index in [2.05, 4.69) is 79.7 Å². The zero-order valence-electron chi connectivity index (χ0n) is 16.0. The van der Waals surface area contributed by atoms with Crippen LogP contribution in [0.4, 0.5) is 0 Å². The summed E-state index contributed by atoms with van der Waals surface area (Å²) in [7, 11) is 0. The van der Waals surface area contributed by atoms with E-state index in [0.717, 1.165) is 0 Å². The second-order valence-electron chi connectivity index (χ2n) is 8.43. The van der Waals surface area contributed by atoms with Crippen LogP contribution in [0.3, 0.4) is 0 Å². The van der Waals surface area contributed by atoms with Crippen molar-refractivity contribution in [3.63, 3.8) is 0 Å². The minimum atomic E-state index is 0. The molecule has 0 spiro atoms. The van der Waals surface area contributed by atoms with E-state index >= 15 is 0 Å². The van der Waals surface area contributed by atoms with Gasteiger partial charge in [0.2, 0.25) is 0 Å². The standard InChI is InChI=1S/C26H25.Zr/c1-26(13-4-5-14-26)18-19-15-22-9-6-10-24(25(22)16-19)23-12-11-20-7-2-3-8-21(20)17-23;/h2-3,6-12,15-17H,4-5,13-14,18H2,1H3;/q-1;. The Hall–Kier alpha value is -1.59. The SMILES string of the molecule is CC1(Cc2cc3c(-c4ccc5ccccc5c4)cccc3[cH-]2)CCCC1.[Zr]. The summed E-state index contributed by atoms with van der Waals surface area (Å²) in [4.78, 5) is 0. The third-order valence-electron chi connectivity index (χ3n) is 6.31. The van der Waals surface area contributed by atoms with E-state index in [0.29, 0.717) is 5.41 Å². The van der Waals surface area contributed by atoms with Crippen LogP contribution in [0.1, 0.15) is 38.2 Å². The fourth-order valence-electron chi connectivity index (χ4n) is 4.91. The average molecular weight is 429 g/mol. The molecule has 0 heterocycles. The second kappa shape index (κ2) is 7.44. The monoisotopic (exact) mass is 427 g/mol. The molecule has 4 aromatic rings. The fraction of sp³-hybridized carbons (Fsp3) is 0.269. The van der Waals surface area contributed by atoms with Crippen LogP contribution < -0.4 is 0 Å². The van der Waals surface area contributed by atoms with Crippen LogP contribution in [0.25, 0.3) is 32.7 Å². The molecule has 0 saturated heterocycles. The van der Waals surface area contributed by atoms with Gasteiger partial charge in [-0.25, -0.2) is 0 Å². The van der Waals surface area contributed by atoms with Gasteiger partial charge in [-0.1, -0.05) is 67.8 Å². The van der Waals surface area contributed by atoms with Crippen molar-refractivity contribution in [3.05, 3.63) is 78.4 Å². The van der Waals surface area contributed by atoms with Crippen LogP contribution in [-0.2, 0) is 32.6 Å². The minimum Gasteiger partial charge on any atom is -0.164 e. The minimum absolute atomic E-state index is 0. The molecule has 1 saturated carbocycles. The van der Waals surface area contributed by atoms with Crippen LogP contribution in [-0.4, -0.2) is 0 Å². The van der Waals surface area contributed by atoms with Gasteiger partial charge in [0.1, 0.15) is 0 Å². The maximum atomic E-state index is 2.47. The van der Waals surface area contributed by atoms with E-state index in [-0.39, 0.29) is 26.2 Å². The van der Waals surface area contributed by atoms with Crippen LogP contribution in [0.15, 0.2) is 72.8 Å². The Kier molecular flexibility index (Phi) is 5.17. The summed E-state index contributed by atoms with van der Waals surface area (Å²) in [6.07, 6.45) is 6.79. The zero-order valence-corrected chi connectivity index (χ0v) is 18.4. The molecule has 134 valence electrons. The molecule has 1 aliphatic rings. The van der Waals surface area contributed by atoms with Gasteiger partial charge in [-0.2, -0.15) is 6.07 Å². The summed E-state index contributed by atoms with van der Waals surface area (Å²) in [6, 6.07) is 27.1. The number of fused-ring (bicyclic) bond motifs is 2. The molecule has 0 N–H and O–H groups in total. The molecule has 1 aliphatic carbocycles. The maximum absolute atomic E-state index is 2.47. The molecular weight excluding hydrogens is 404 g/mol. The first-order chi connectivity index (χ1) is 12.7. The number of hydrogen-bond acceptors (Lipinski definition) is 0. The van der Waals surface area contributed by atoms with Gasteiger partial charge in [-0.05, 0) is 47.1 Å². The third-order valence-corrected chi connectivity index (χ3v) is 6.31. The molecular formula is C26H25Zr-. The normalized spacial score (nSPS) is 15.9. The predicted molar refractivity (Wildman–Crippen MR) is 113 cm³/mol. The fourth-order valence-corrected chi connectivity index (χ4v) is 4.91. The van der Waals surface area contributed by atoms with Crippen LogP contribution in [0, 0.1) is 5.41 Å². The summed E-state index contributed by atoms with van der Waals surface area (Å²) < 4.78 is 0. The van der Waals surface area contributed by atoms with Crippen LogP contribution >= 0.6 is 0 Å². The smallest absolute Gasteiger partial charge is 0 e. The summed E-state index contributed by atoms with van der Waals surface area (Å²) in [5.74, 6) is 0.